The Kier molecular flexibility index (Phi) is 3.31. The number of benzene rings is 1. The fourth-order valence-electron chi connectivity index (χ4n) is 2.36. The van der Waals surface area contributed by atoms with Gasteiger partial charge >= 0.3 is 0 Å². The van der Waals surface area contributed by atoms with Gasteiger partial charge in [-0.15, -0.1) is 0 Å². The van der Waals surface area contributed by atoms with E-state index in [0.29, 0.717) is 6.54 Å². The number of pyridine rings is 1. The van der Waals surface area contributed by atoms with Crippen molar-refractivity contribution in [3.63, 3.8) is 0 Å². The third kappa shape index (κ3) is 2.03. The number of halogens is 1. The van der Waals surface area contributed by atoms with Gasteiger partial charge in [0.15, 0.2) is 5.82 Å². The molecule has 102 valence electrons. The summed E-state index contributed by atoms with van der Waals surface area (Å²) in [6, 6.07) is 10.0. The first-order valence-corrected chi connectivity index (χ1v) is 7.22. The number of nitrogens with two attached hydrogens (primary N) is 1. The molecule has 0 aliphatic rings. The molecule has 0 atom stereocenters. The molecule has 3 rings (SSSR count). The molecule has 20 heavy (non-hydrogen) atoms. The Labute approximate surface area is 125 Å². The number of rotatable bonds is 2. The first kappa shape index (κ1) is 13.3. The van der Waals surface area contributed by atoms with Crippen molar-refractivity contribution in [1.29, 1.82) is 0 Å². The van der Waals surface area contributed by atoms with Gasteiger partial charge in [0.05, 0.1) is 21.4 Å². The summed E-state index contributed by atoms with van der Waals surface area (Å²) in [6.07, 6.45) is 0. The lowest BCUT2D eigenvalue weighted by molar-refractivity contribution is 0.807. The average Bonchev–Trinajstić information content (AvgIpc) is 2.73. The van der Waals surface area contributed by atoms with Gasteiger partial charge in [0.1, 0.15) is 0 Å². The molecule has 1 aromatic carbocycles. The van der Waals surface area contributed by atoms with Gasteiger partial charge in [-0.3, -0.25) is 0 Å². The summed E-state index contributed by atoms with van der Waals surface area (Å²) < 4.78 is 2.87. The monoisotopic (exact) mass is 330 g/mol. The van der Waals surface area contributed by atoms with Crippen LogP contribution in [0.15, 0.2) is 34.8 Å². The van der Waals surface area contributed by atoms with E-state index in [1.807, 2.05) is 48.9 Å². The van der Waals surface area contributed by atoms with Crippen LogP contribution in [0, 0.1) is 13.8 Å². The Bertz CT molecular complexity index is 792. The standard InChI is InChI=1S/C15H15BrN4/c1-9-15(16)10(2)20(19-9)14-7-11(8-17)12-5-3-4-6-13(12)18-14/h3-7H,8,17H2,1-2H3. The summed E-state index contributed by atoms with van der Waals surface area (Å²) in [5, 5.41) is 5.63. The Morgan fingerprint density at radius 2 is 2.00 bits per heavy atom. The predicted molar refractivity (Wildman–Crippen MR) is 83.9 cm³/mol. The van der Waals surface area contributed by atoms with Crippen LogP contribution in [-0.4, -0.2) is 14.8 Å². The van der Waals surface area contributed by atoms with Gasteiger partial charge in [-0.05, 0) is 47.5 Å². The maximum atomic E-state index is 5.87. The molecule has 2 N–H and O–H groups in total. The Hall–Kier alpha value is -1.72. The van der Waals surface area contributed by atoms with E-state index in [2.05, 4.69) is 21.0 Å². The van der Waals surface area contributed by atoms with Gasteiger partial charge in [-0.1, -0.05) is 18.2 Å². The van der Waals surface area contributed by atoms with Crippen LogP contribution in [0.25, 0.3) is 16.7 Å². The quantitative estimate of drug-likeness (QED) is 0.784. The van der Waals surface area contributed by atoms with Crippen molar-refractivity contribution in [3.8, 4) is 5.82 Å². The minimum Gasteiger partial charge on any atom is -0.326 e. The maximum absolute atomic E-state index is 5.87. The molecule has 0 amide bonds. The topological polar surface area (TPSA) is 56.7 Å². The molecule has 0 bridgehead atoms. The van der Waals surface area contributed by atoms with E-state index < -0.39 is 0 Å². The highest BCUT2D eigenvalue weighted by atomic mass is 79.9. The number of hydrogen-bond acceptors (Lipinski definition) is 3. The van der Waals surface area contributed by atoms with E-state index in [9.17, 15) is 0 Å². The molecule has 0 aliphatic heterocycles. The van der Waals surface area contributed by atoms with Crippen LogP contribution in [0.4, 0.5) is 0 Å². The van der Waals surface area contributed by atoms with Crippen molar-refractivity contribution in [3.05, 3.63) is 51.8 Å². The highest BCUT2D eigenvalue weighted by Gasteiger charge is 2.13. The second-order valence-corrected chi connectivity index (χ2v) is 5.55. The normalized spacial score (nSPS) is 11.2. The summed E-state index contributed by atoms with van der Waals surface area (Å²) >= 11 is 3.55. The maximum Gasteiger partial charge on any atom is 0.154 e. The second kappa shape index (κ2) is 5.00. The van der Waals surface area contributed by atoms with Crippen molar-refractivity contribution in [2.45, 2.75) is 20.4 Å². The zero-order valence-corrected chi connectivity index (χ0v) is 13.0. The molecule has 0 fully saturated rings. The summed E-state index contributed by atoms with van der Waals surface area (Å²) in [5.41, 5.74) is 9.87. The minimum absolute atomic E-state index is 0.483. The van der Waals surface area contributed by atoms with Gasteiger partial charge in [0.25, 0.3) is 0 Å². The largest absolute Gasteiger partial charge is 0.326 e. The van der Waals surface area contributed by atoms with Crippen molar-refractivity contribution >= 4 is 26.8 Å². The third-order valence-corrected chi connectivity index (χ3v) is 4.58. The van der Waals surface area contributed by atoms with Gasteiger partial charge < -0.3 is 5.73 Å². The van der Waals surface area contributed by atoms with Crippen LogP contribution >= 0.6 is 15.9 Å². The number of fused-ring (bicyclic) bond motifs is 1. The first-order valence-electron chi connectivity index (χ1n) is 6.42. The number of aryl methyl sites for hydroxylation is 1. The molecule has 3 aromatic rings. The minimum atomic E-state index is 0.483. The average molecular weight is 331 g/mol. The molecular weight excluding hydrogens is 316 g/mol. The summed E-state index contributed by atoms with van der Waals surface area (Å²) in [5.74, 6) is 0.801. The predicted octanol–water partition coefficient (Wildman–Crippen LogP) is 3.26. The molecular formula is C15H15BrN4. The van der Waals surface area contributed by atoms with Crippen LogP contribution in [-0.2, 0) is 6.54 Å². The molecule has 0 unspecified atom stereocenters. The Morgan fingerprint density at radius 3 is 2.65 bits per heavy atom. The van der Waals surface area contributed by atoms with Crippen LogP contribution in [0.5, 0.6) is 0 Å². The van der Waals surface area contributed by atoms with E-state index in [0.717, 1.165) is 38.1 Å². The van der Waals surface area contributed by atoms with Crippen LogP contribution in [0.3, 0.4) is 0 Å². The summed E-state index contributed by atoms with van der Waals surface area (Å²) in [6.45, 7) is 4.47. The highest BCUT2D eigenvalue weighted by molar-refractivity contribution is 9.10. The fraction of sp³-hybridized carbons (Fsp3) is 0.200. The number of hydrogen-bond donors (Lipinski definition) is 1. The molecule has 0 aliphatic carbocycles. The zero-order chi connectivity index (χ0) is 14.3. The smallest absolute Gasteiger partial charge is 0.154 e. The zero-order valence-electron chi connectivity index (χ0n) is 11.4. The van der Waals surface area contributed by atoms with E-state index in [-0.39, 0.29) is 0 Å². The second-order valence-electron chi connectivity index (χ2n) is 4.76. The van der Waals surface area contributed by atoms with Crippen LogP contribution < -0.4 is 5.73 Å². The van der Waals surface area contributed by atoms with Gasteiger partial charge in [0.2, 0.25) is 0 Å². The van der Waals surface area contributed by atoms with Crippen LogP contribution in [0.1, 0.15) is 17.0 Å². The molecule has 4 nitrogen and oxygen atoms in total. The lowest BCUT2D eigenvalue weighted by atomic mass is 10.1. The van der Waals surface area contributed by atoms with Gasteiger partial charge in [-0.2, -0.15) is 5.10 Å². The lowest BCUT2D eigenvalue weighted by Crippen LogP contribution is -2.06. The Morgan fingerprint density at radius 1 is 1.25 bits per heavy atom. The number of aromatic nitrogens is 3. The van der Waals surface area contributed by atoms with Crippen molar-refractivity contribution in [2.24, 2.45) is 5.73 Å². The van der Waals surface area contributed by atoms with Crippen LogP contribution in [0.2, 0.25) is 0 Å². The van der Waals surface area contributed by atoms with E-state index >= 15 is 0 Å². The molecule has 0 radical (unpaired) electrons. The summed E-state index contributed by atoms with van der Waals surface area (Å²) in [7, 11) is 0. The van der Waals surface area contributed by atoms with Crippen molar-refractivity contribution < 1.29 is 0 Å². The highest BCUT2D eigenvalue weighted by Crippen LogP contribution is 2.25. The van der Waals surface area contributed by atoms with Crippen molar-refractivity contribution in [1.82, 2.24) is 14.8 Å². The van der Waals surface area contributed by atoms with Gasteiger partial charge in [0, 0.05) is 11.9 Å². The molecule has 0 saturated carbocycles. The van der Waals surface area contributed by atoms with E-state index in [1.165, 1.54) is 0 Å². The lowest BCUT2D eigenvalue weighted by Gasteiger charge is -2.09. The summed E-state index contributed by atoms with van der Waals surface area (Å²) in [4.78, 5) is 4.69. The van der Waals surface area contributed by atoms with E-state index in [1.54, 1.807) is 0 Å². The molecule has 0 spiro atoms. The molecule has 2 heterocycles. The molecule has 0 saturated heterocycles. The first-order chi connectivity index (χ1) is 9.61. The SMILES string of the molecule is Cc1nn(-c2cc(CN)c3ccccc3n2)c(C)c1Br. The van der Waals surface area contributed by atoms with Gasteiger partial charge in [-0.25, -0.2) is 9.67 Å². The van der Waals surface area contributed by atoms with E-state index in [4.69, 9.17) is 10.7 Å². The Balaban J connectivity index is 2.29. The third-order valence-electron chi connectivity index (χ3n) is 3.43. The molecule has 2 aromatic heterocycles. The molecule has 5 heteroatoms. The number of para-hydroxylation sites is 1. The van der Waals surface area contributed by atoms with Crippen molar-refractivity contribution in [2.75, 3.05) is 0 Å². The number of nitrogens with zero attached hydrogens (tertiary/aromatic N) is 3. The fourth-order valence-corrected chi connectivity index (χ4v) is 2.60.